The fraction of sp³-hybridized carbons (Fsp3) is 0.167. The predicted molar refractivity (Wildman–Crippen MR) is 64.8 cm³/mol. The van der Waals surface area contributed by atoms with Gasteiger partial charge in [-0.05, 0) is 30.3 Å². The van der Waals surface area contributed by atoms with Crippen LogP contribution in [0.3, 0.4) is 0 Å². The van der Waals surface area contributed by atoms with E-state index in [-0.39, 0.29) is 17.5 Å². The summed E-state index contributed by atoms with van der Waals surface area (Å²) in [5.41, 5.74) is 0.591. The van der Waals surface area contributed by atoms with E-state index in [1.54, 1.807) is 12.1 Å². The second-order valence-corrected chi connectivity index (χ2v) is 3.89. The SMILES string of the molecule is FC(F)(F)Oc1ccc(Oc2ccc(CCl)nn2)cc1. The monoisotopic (exact) mass is 304 g/mol. The minimum atomic E-state index is -4.72. The first kappa shape index (κ1) is 14.4. The predicted octanol–water partition coefficient (Wildman–Crippen LogP) is 3.91. The number of halogens is 4. The van der Waals surface area contributed by atoms with Gasteiger partial charge in [0.15, 0.2) is 0 Å². The van der Waals surface area contributed by atoms with E-state index >= 15 is 0 Å². The number of rotatable bonds is 4. The summed E-state index contributed by atoms with van der Waals surface area (Å²) < 4.78 is 45.0. The molecule has 106 valence electrons. The number of hydrogen-bond acceptors (Lipinski definition) is 4. The maximum atomic E-state index is 12.0. The first-order valence-electron chi connectivity index (χ1n) is 5.38. The lowest BCUT2D eigenvalue weighted by Crippen LogP contribution is -2.16. The molecule has 0 radical (unpaired) electrons. The molecule has 2 rings (SSSR count). The molecular formula is C12H8ClF3N2O2. The first-order chi connectivity index (χ1) is 9.46. The molecule has 1 aromatic carbocycles. The van der Waals surface area contributed by atoms with Crippen LogP contribution in [0.25, 0.3) is 0 Å². The van der Waals surface area contributed by atoms with E-state index in [4.69, 9.17) is 16.3 Å². The fourth-order valence-corrected chi connectivity index (χ4v) is 1.45. The van der Waals surface area contributed by atoms with Gasteiger partial charge in [0, 0.05) is 6.07 Å². The highest BCUT2D eigenvalue weighted by Gasteiger charge is 2.30. The Kier molecular flexibility index (Phi) is 4.29. The lowest BCUT2D eigenvalue weighted by molar-refractivity contribution is -0.274. The van der Waals surface area contributed by atoms with Gasteiger partial charge in [-0.15, -0.1) is 29.9 Å². The Morgan fingerprint density at radius 2 is 1.60 bits per heavy atom. The molecule has 1 heterocycles. The first-order valence-corrected chi connectivity index (χ1v) is 5.92. The Morgan fingerprint density at radius 1 is 0.950 bits per heavy atom. The van der Waals surface area contributed by atoms with E-state index < -0.39 is 6.36 Å². The van der Waals surface area contributed by atoms with Gasteiger partial charge in [0.2, 0.25) is 5.88 Å². The molecule has 4 nitrogen and oxygen atoms in total. The number of aromatic nitrogens is 2. The minimum absolute atomic E-state index is 0.211. The van der Waals surface area contributed by atoms with Crippen molar-refractivity contribution in [1.29, 1.82) is 0 Å². The van der Waals surface area contributed by atoms with E-state index in [0.29, 0.717) is 11.4 Å². The van der Waals surface area contributed by atoms with Gasteiger partial charge in [-0.2, -0.15) is 5.10 Å². The number of benzene rings is 1. The van der Waals surface area contributed by atoms with Crippen LogP contribution in [-0.2, 0) is 5.88 Å². The van der Waals surface area contributed by atoms with Crippen molar-refractivity contribution < 1.29 is 22.6 Å². The van der Waals surface area contributed by atoms with Gasteiger partial charge in [0.25, 0.3) is 0 Å². The van der Waals surface area contributed by atoms with Crippen LogP contribution in [0.1, 0.15) is 5.69 Å². The number of ether oxygens (including phenoxy) is 2. The summed E-state index contributed by atoms with van der Waals surface area (Å²) >= 11 is 5.56. The Hall–Kier alpha value is -2.02. The zero-order valence-electron chi connectivity index (χ0n) is 9.89. The van der Waals surface area contributed by atoms with Gasteiger partial charge in [-0.3, -0.25) is 0 Å². The van der Waals surface area contributed by atoms with Crippen LogP contribution in [0.15, 0.2) is 36.4 Å². The topological polar surface area (TPSA) is 44.2 Å². The quantitative estimate of drug-likeness (QED) is 0.803. The molecule has 8 heteroatoms. The second-order valence-electron chi connectivity index (χ2n) is 3.62. The minimum Gasteiger partial charge on any atom is -0.438 e. The van der Waals surface area contributed by atoms with Crippen LogP contribution in [-0.4, -0.2) is 16.6 Å². The van der Waals surface area contributed by atoms with Crippen LogP contribution in [0.5, 0.6) is 17.4 Å². The molecule has 0 amide bonds. The van der Waals surface area contributed by atoms with Gasteiger partial charge in [-0.25, -0.2) is 0 Å². The summed E-state index contributed by atoms with van der Waals surface area (Å²) in [5.74, 6) is 0.431. The van der Waals surface area contributed by atoms with E-state index in [9.17, 15) is 13.2 Å². The average Bonchev–Trinajstić information content (AvgIpc) is 2.40. The summed E-state index contributed by atoms with van der Waals surface area (Å²) in [6, 6.07) is 8.14. The van der Waals surface area contributed by atoms with Crippen molar-refractivity contribution >= 4 is 11.6 Å². The van der Waals surface area contributed by atoms with Crippen molar-refractivity contribution in [3.8, 4) is 17.4 Å². The number of nitrogens with zero attached hydrogens (tertiary/aromatic N) is 2. The molecule has 2 aromatic rings. The summed E-state index contributed by atoms with van der Waals surface area (Å²) in [6.45, 7) is 0. The Morgan fingerprint density at radius 3 is 2.10 bits per heavy atom. The van der Waals surface area contributed by atoms with Crippen molar-refractivity contribution in [3.05, 3.63) is 42.1 Å². The zero-order chi connectivity index (χ0) is 14.6. The largest absolute Gasteiger partial charge is 0.573 e. The highest BCUT2D eigenvalue weighted by molar-refractivity contribution is 6.16. The molecule has 0 saturated carbocycles. The number of hydrogen-bond donors (Lipinski definition) is 0. The second kappa shape index (κ2) is 5.96. The van der Waals surface area contributed by atoms with Crippen molar-refractivity contribution in [2.45, 2.75) is 12.2 Å². The van der Waals surface area contributed by atoms with Crippen LogP contribution in [0, 0.1) is 0 Å². The van der Waals surface area contributed by atoms with Gasteiger partial charge in [0.05, 0.1) is 11.6 Å². The van der Waals surface area contributed by atoms with Crippen LogP contribution in [0.4, 0.5) is 13.2 Å². The standard InChI is InChI=1S/C12H8ClF3N2O2/c13-7-8-1-6-11(18-17-8)19-9-2-4-10(5-3-9)20-12(14,15)16/h1-6H,7H2. The van der Waals surface area contributed by atoms with Crippen molar-refractivity contribution in [2.75, 3.05) is 0 Å². The molecule has 0 aliphatic heterocycles. The van der Waals surface area contributed by atoms with Gasteiger partial charge in [-0.1, -0.05) is 0 Å². The molecule has 0 atom stereocenters. The highest BCUT2D eigenvalue weighted by atomic mass is 35.5. The van der Waals surface area contributed by atoms with E-state index in [0.717, 1.165) is 12.1 Å². The van der Waals surface area contributed by atoms with Crippen molar-refractivity contribution in [2.24, 2.45) is 0 Å². The average molecular weight is 305 g/mol. The summed E-state index contributed by atoms with van der Waals surface area (Å²) in [7, 11) is 0. The van der Waals surface area contributed by atoms with Crippen molar-refractivity contribution in [3.63, 3.8) is 0 Å². The van der Waals surface area contributed by atoms with E-state index in [2.05, 4.69) is 14.9 Å². The zero-order valence-corrected chi connectivity index (χ0v) is 10.6. The fourth-order valence-electron chi connectivity index (χ4n) is 1.30. The molecule has 20 heavy (non-hydrogen) atoms. The van der Waals surface area contributed by atoms with Crippen LogP contribution in [0.2, 0.25) is 0 Å². The molecule has 0 N–H and O–H groups in total. The van der Waals surface area contributed by atoms with Gasteiger partial charge < -0.3 is 9.47 Å². The highest BCUT2D eigenvalue weighted by Crippen LogP contribution is 2.26. The lowest BCUT2D eigenvalue weighted by atomic mass is 10.3. The van der Waals surface area contributed by atoms with Crippen LogP contribution >= 0.6 is 11.6 Å². The third kappa shape index (κ3) is 4.27. The summed E-state index contributed by atoms with van der Waals surface area (Å²) in [6.07, 6.45) is -4.72. The molecule has 0 fully saturated rings. The lowest BCUT2D eigenvalue weighted by Gasteiger charge is -2.09. The van der Waals surface area contributed by atoms with E-state index in [1.807, 2.05) is 0 Å². The molecule has 0 aliphatic carbocycles. The molecule has 1 aromatic heterocycles. The Balaban J connectivity index is 2.02. The molecule has 0 aliphatic rings. The Labute approximate surface area is 117 Å². The smallest absolute Gasteiger partial charge is 0.438 e. The maximum absolute atomic E-state index is 12.0. The Bertz CT molecular complexity index is 558. The third-order valence-corrected chi connectivity index (χ3v) is 2.39. The van der Waals surface area contributed by atoms with Gasteiger partial charge >= 0.3 is 6.36 Å². The molecule has 0 unspecified atom stereocenters. The molecular weight excluding hydrogens is 297 g/mol. The van der Waals surface area contributed by atoms with Crippen molar-refractivity contribution in [1.82, 2.24) is 10.2 Å². The summed E-state index contributed by atoms with van der Waals surface area (Å²) in [4.78, 5) is 0. The molecule has 0 saturated heterocycles. The third-order valence-electron chi connectivity index (χ3n) is 2.11. The normalized spacial score (nSPS) is 11.2. The maximum Gasteiger partial charge on any atom is 0.573 e. The summed E-state index contributed by atoms with van der Waals surface area (Å²) in [5, 5.41) is 7.54. The van der Waals surface area contributed by atoms with Crippen LogP contribution < -0.4 is 9.47 Å². The number of alkyl halides is 4. The van der Waals surface area contributed by atoms with Gasteiger partial charge in [0.1, 0.15) is 11.5 Å². The van der Waals surface area contributed by atoms with E-state index in [1.165, 1.54) is 12.1 Å². The molecule has 0 spiro atoms. The molecule has 0 bridgehead atoms.